The Bertz CT molecular complexity index is 597. The summed E-state index contributed by atoms with van der Waals surface area (Å²) in [5, 5.41) is 12.3. The van der Waals surface area contributed by atoms with Crippen molar-refractivity contribution in [2.24, 2.45) is 0 Å². The molecule has 0 bridgehead atoms. The Morgan fingerprint density at radius 3 is 2.53 bits per heavy atom. The maximum Gasteiger partial charge on any atom is 0.123 e. The lowest BCUT2D eigenvalue weighted by molar-refractivity contribution is 0.410. The predicted octanol–water partition coefficient (Wildman–Crippen LogP) is 3.49. The van der Waals surface area contributed by atoms with Crippen molar-refractivity contribution in [1.82, 2.24) is 0 Å². The number of rotatable bonds is 4. The minimum atomic E-state index is 0.627. The van der Waals surface area contributed by atoms with Crippen molar-refractivity contribution in [3.8, 4) is 11.8 Å². The molecule has 0 aromatic heterocycles. The average Bonchev–Trinajstić information content (AvgIpc) is 2.46. The van der Waals surface area contributed by atoms with Crippen LogP contribution in [0.25, 0.3) is 0 Å². The zero-order valence-corrected chi connectivity index (χ0v) is 11.1. The number of nitriles is 1. The summed E-state index contributed by atoms with van der Waals surface area (Å²) in [7, 11) is 1.64. The SMILES string of the molecule is COc1ccc(C#N)cc1CNc1ccc(C)cc1. The van der Waals surface area contributed by atoms with Crippen LogP contribution < -0.4 is 10.1 Å². The summed E-state index contributed by atoms with van der Waals surface area (Å²) in [4.78, 5) is 0. The van der Waals surface area contributed by atoms with Gasteiger partial charge < -0.3 is 10.1 Å². The van der Waals surface area contributed by atoms with E-state index in [0.29, 0.717) is 12.1 Å². The molecule has 3 nitrogen and oxygen atoms in total. The number of nitrogens with one attached hydrogen (secondary N) is 1. The van der Waals surface area contributed by atoms with Gasteiger partial charge in [-0.1, -0.05) is 17.7 Å². The van der Waals surface area contributed by atoms with E-state index in [1.165, 1.54) is 5.56 Å². The van der Waals surface area contributed by atoms with E-state index in [1.807, 2.05) is 24.3 Å². The molecule has 2 rings (SSSR count). The summed E-state index contributed by atoms with van der Waals surface area (Å²) in [6.07, 6.45) is 0. The van der Waals surface area contributed by atoms with Crippen LogP contribution in [-0.4, -0.2) is 7.11 Å². The molecule has 0 saturated heterocycles. The molecule has 0 amide bonds. The van der Waals surface area contributed by atoms with Crippen LogP contribution in [0.15, 0.2) is 42.5 Å². The normalized spacial score (nSPS) is 9.74. The highest BCUT2D eigenvalue weighted by atomic mass is 16.5. The fourth-order valence-corrected chi connectivity index (χ4v) is 1.85. The van der Waals surface area contributed by atoms with Gasteiger partial charge in [0.1, 0.15) is 5.75 Å². The number of anilines is 1. The second kappa shape index (κ2) is 5.92. The summed E-state index contributed by atoms with van der Waals surface area (Å²) in [5.41, 5.74) is 3.90. The van der Waals surface area contributed by atoms with E-state index in [1.54, 1.807) is 13.2 Å². The average molecular weight is 252 g/mol. The van der Waals surface area contributed by atoms with Crippen molar-refractivity contribution in [3.05, 3.63) is 59.2 Å². The highest BCUT2D eigenvalue weighted by Crippen LogP contribution is 2.21. The van der Waals surface area contributed by atoms with Crippen molar-refractivity contribution in [2.75, 3.05) is 12.4 Å². The molecule has 0 aliphatic carbocycles. The first-order valence-electron chi connectivity index (χ1n) is 6.10. The van der Waals surface area contributed by atoms with Crippen LogP contribution in [0.3, 0.4) is 0 Å². The first-order chi connectivity index (χ1) is 9.22. The Morgan fingerprint density at radius 2 is 1.89 bits per heavy atom. The lowest BCUT2D eigenvalue weighted by Crippen LogP contribution is -2.02. The van der Waals surface area contributed by atoms with Gasteiger partial charge in [0.05, 0.1) is 18.7 Å². The van der Waals surface area contributed by atoms with Crippen molar-refractivity contribution in [1.29, 1.82) is 5.26 Å². The number of methoxy groups -OCH3 is 1. The second-order valence-corrected chi connectivity index (χ2v) is 4.36. The highest BCUT2D eigenvalue weighted by molar-refractivity contribution is 5.48. The van der Waals surface area contributed by atoms with Gasteiger partial charge in [-0.15, -0.1) is 0 Å². The lowest BCUT2D eigenvalue weighted by Gasteiger charge is -2.11. The molecule has 0 spiro atoms. The van der Waals surface area contributed by atoms with Gasteiger partial charge in [0.25, 0.3) is 0 Å². The van der Waals surface area contributed by atoms with E-state index in [4.69, 9.17) is 10.00 Å². The largest absolute Gasteiger partial charge is 0.496 e. The first-order valence-corrected chi connectivity index (χ1v) is 6.10. The molecular weight excluding hydrogens is 236 g/mol. The number of hydrogen-bond acceptors (Lipinski definition) is 3. The summed E-state index contributed by atoms with van der Waals surface area (Å²) >= 11 is 0. The Labute approximate surface area is 113 Å². The van der Waals surface area contributed by atoms with Crippen LogP contribution in [0.1, 0.15) is 16.7 Å². The molecule has 19 heavy (non-hydrogen) atoms. The topological polar surface area (TPSA) is 45.0 Å². The molecule has 0 aliphatic heterocycles. The first kappa shape index (κ1) is 13.0. The van der Waals surface area contributed by atoms with Crippen LogP contribution >= 0.6 is 0 Å². The Morgan fingerprint density at radius 1 is 1.16 bits per heavy atom. The van der Waals surface area contributed by atoms with Crippen molar-refractivity contribution in [2.45, 2.75) is 13.5 Å². The predicted molar refractivity (Wildman–Crippen MR) is 76.2 cm³/mol. The van der Waals surface area contributed by atoms with E-state index < -0.39 is 0 Å². The maximum absolute atomic E-state index is 8.93. The van der Waals surface area contributed by atoms with Crippen LogP contribution in [0.4, 0.5) is 5.69 Å². The number of hydrogen-bond donors (Lipinski definition) is 1. The molecule has 1 N–H and O–H groups in total. The number of nitrogens with zero attached hydrogens (tertiary/aromatic N) is 1. The number of benzene rings is 2. The van der Waals surface area contributed by atoms with Gasteiger partial charge in [-0.3, -0.25) is 0 Å². The Kier molecular flexibility index (Phi) is 4.04. The molecule has 0 fully saturated rings. The van der Waals surface area contributed by atoms with Gasteiger partial charge in [-0.2, -0.15) is 5.26 Å². The van der Waals surface area contributed by atoms with Gasteiger partial charge >= 0.3 is 0 Å². The monoisotopic (exact) mass is 252 g/mol. The number of ether oxygens (including phenoxy) is 1. The van der Waals surface area contributed by atoms with E-state index in [2.05, 4.69) is 30.4 Å². The quantitative estimate of drug-likeness (QED) is 0.906. The van der Waals surface area contributed by atoms with Crippen molar-refractivity contribution >= 4 is 5.69 Å². The third-order valence-electron chi connectivity index (χ3n) is 2.94. The van der Waals surface area contributed by atoms with E-state index in [-0.39, 0.29) is 0 Å². The highest BCUT2D eigenvalue weighted by Gasteiger charge is 2.04. The van der Waals surface area contributed by atoms with Crippen LogP contribution in [0.5, 0.6) is 5.75 Å². The second-order valence-electron chi connectivity index (χ2n) is 4.36. The minimum Gasteiger partial charge on any atom is -0.496 e. The number of aryl methyl sites for hydroxylation is 1. The maximum atomic E-state index is 8.93. The van der Waals surface area contributed by atoms with E-state index in [9.17, 15) is 0 Å². The minimum absolute atomic E-state index is 0.627. The van der Waals surface area contributed by atoms with Gasteiger partial charge in [0, 0.05) is 17.8 Å². The van der Waals surface area contributed by atoms with E-state index >= 15 is 0 Å². The van der Waals surface area contributed by atoms with Crippen LogP contribution in [0.2, 0.25) is 0 Å². The van der Waals surface area contributed by atoms with Crippen LogP contribution in [-0.2, 0) is 6.54 Å². The molecule has 2 aromatic rings. The summed E-state index contributed by atoms with van der Waals surface area (Å²) in [5.74, 6) is 0.790. The summed E-state index contributed by atoms with van der Waals surface area (Å²) in [6.45, 7) is 2.69. The van der Waals surface area contributed by atoms with Crippen LogP contribution in [0, 0.1) is 18.3 Å². The summed E-state index contributed by atoms with van der Waals surface area (Å²) < 4.78 is 5.30. The van der Waals surface area contributed by atoms with Gasteiger partial charge in [-0.05, 0) is 37.3 Å². The standard InChI is InChI=1S/C16H16N2O/c1-12-3-6-15(7-4-12)18-11-14-9-13(10-17)5-8-16(14)19-2/h3-9,18H,11H2,1-2H3. The fourth-order valence-electron chi connectivity index (χ4n) is 1.85. The fraction of sp³-hybridized carbons (Fsp3) is 0.188. The molecule has 3 heteroatoms. The third kappa shape index (κ3) is 3.26. The van der Waals surface area contributed by atoms with E-state index in [0.717, 1.165) is 17.0 Å². The molecular formula is C16H16N2O. The van der Waals surface area contributed by atoms with Crippen molar-refractivity contribution in [3.63, 3.8) is 0 Å². The van der Waals surface area contributed by atoms with Gasteiger partial charge in [0.2, 0.25) is 0 Å². The smallest absolute Gasteiger partial charge is 0.123 e. The zero-order chi connectivity index (χ0) is 13.7. The molecule has 96 valence electrons. The van der Waals surface area contributed by atoms with Gasteiger partial charge in [-0.25, -0.2) is 0 Å². The molecule has 0 atom stereocenters. The third-order valence-corrected chi connectivity index (χ3v) is 2.94. The molecule has 2 aromatic carbocycles. The molecule has 0 radical (unpaired) electrons. The Hall–Kier alpha value is -2.47. The molecule has 0 unspecified atom stereocenters. The molecule has 0 heterocycles. The zero-order valence-electron chi connectivity index (χ0n) is 11.1. The Balaban J connectivity index is 2.14. The van der Waals surface area contributed by atoms with Gasteiger partial charge in [0.15, 0.2) is 0 Å². The van der Waals surface area contributed by atoms with Crippen molar-refractivity contribution < 1.29 is 4.74 Å². The summed E-state index contributed by atoms with van der Waals surface area (Å²) in [6, 6.07) is 15.8. The molecule has 0 saturated carbocycles. The molecule has 0 aliphatic rings. The lowest BCUT2D eigenvalue weighted by atomic mass is 10.1.